The molecule has 0 bridgehead atoms. The van der Waals surface area contributed by atoms with Crippen LogP contribution in [-0.4, -0.2) is 22.1 Å². The first-order valence-corrected chi connectivity index (χ1v) is 10.1. The van der Waals surface area contributed by atoms with Crippen LogP contribution in [0.25, 0.3) is 11.0 Å². The summed E-state index contributed by atoms with van der Waals surface area (Å²) in [4.78, 5) is 19.4. The van der Waals surface area contributed by atoms with Gasteiger partial charge in [-0.15, -0.1) is 0 Å². The number of nitrogens with zero attached hydrogens (tertiary/aromatic N) is 3. The summed E-state index contributed by atoms with van der Waals surface area (Å²) in [5, 5.41) is 5.78. The number of urea groups is 1. The number of anilines is 3. The second kappa shape index (κ2) is 7.55. The van der Waals surface area contributed by atoms with Gasteiger partial charge in [-0.25, -0.2) is 9.78 Å². The van der Waals surface area contributed by atoms with E-state index in [0.29, 0.717) is 0 Å². The molecule has 0 saturated heterocycles. The van der Waals surface area contributed by atoms with Crippen molar-refractivity contribution in [3.8, 4) is 0 Å². The molecule has 0 spiro atoms. The summed E-state index contributed by atoms with van der Waals surface area (Å²) in [6.45, 7) is 4.62. The number of para-hydroxylation sites is 3. The molecular formula is C24H23N5O. The van der Waals surface area contributed by atoms with Crippen LogP contribution in [0.2, 0.25) is 0 Å². The number of nitrogens with one attached hydrogen (secondary N) is 2. The SMILES string of the molecule is Cc1cc(N2CCn3c(nc4ccccc43)C2)ccc1NC(=O)Nc1ccccc1. The molecular weight excluding hydrogens is 374 g/mol. The van der Waals surface area contributed by atoms with Crippen molar-refractivity contribution in [2.24, 2.45) is 0 Å². The summed E-state index contributed by atoms with van der Waals surface area (Å²) in [7, 11) is 0. The fourth-order valence-corrected chi connectivity index (χ4v) is 3.98. The van der Waals surface area contributed by atoms with E-state index in [1.54, 1.807) is 0 Å². The van der Waals surface area contributed by atoms with E-state index >= 15 is 0 Å². The minimum Gasteiger partial charge on any atom is -0.362 e. The van der Waals surface area contributed by atoms with Crippen LogP contribution in [0.1, 0.15) is 11.4 Å². The third-order valence-corrected chi connectivity index (χ3v) is 5.51. The number of rotatable bonds is 3. The van der Waals surface area contributed by atoms with Crippen molar-refractivity contribution in [3.63, 3.8) is 0 Å². The molecule has 0 atom stereocenters. The number of carbonyl (C=O) groups is 1. The quantitative estimate of drug-likeness (QED) is 0.511. The van der Waals surface area contributed by atoms with E-state index in [9.17, 15) is 4.79 Å². The number of carbonyl (C=O) groups excluding carboxylic acids is 1. The predicted octanol–water partition coefficient (Wildman–Crippen LogP) is 5.01. The summed E-state index contributed by atoms with van der Waals surface area (Å²) >= 11 is 0. The number of fused-ring (bicyclic) bond motifs is 3. The smallest absolute Gasteiger partial charge is 0.323 e. The topological polar surface area (TPSA) is 62.2 Å². The standard InChI is InChI=1S/C24H23N5O/c1-17-15-19(11-12-20(17)27-24(30)25-18-7-3-2-4-8-18)28-13-14-29-22-10-6-5-9-21(22)26-23(29)16-28/h2-12,15H,13-14,16H2,1H3,(H2,25,27,30). The van der Waals surface area contributed by atoms with Gasteiger partial charge in [-0.05, 0) is 55.0 Å². The van der Waals surface area contributed by atoms with Crippen molar-refractivity contribution >= 4 is 34.1 Å². The molecule has 6 nitrogen and oxygen atoms in total. The second-order valence-electron chi connectivity index (χ2n) is 7.53. The molecule has 0 radical (unpaired) electrons. The van der Waals surface area contributed by atoms with Crippen molar-refractivity contribution in [1.82, 2.24) is 9.55 Å². The number of aryl methyl sites for hydroxylation is 1. The molecule has 0 aliphatic carbocycles. The Morgan fingerprint density at radius 2 is 1.73 bits per heavy atom. The Morgan fingerprint density at radius 1 is 0.933 bits per heavy atom. The van der Waals surface area contributed by atoms with Gasteiger partial charge in [-0.3, -0.25) is 0 Å². The average Bonchev–Trinajstić information content (AvgIpc) is 3.13. The van der Waals surface area contributed by atoms with Crippen LogP contribution in [0.3, 0.4) is 0 Å². The van der Waals surface area contributed by atoms with Crippen molar-refractivity contribution in [3.05, 3.63) is 84.2 Å². The number of hydrogen-bond acceptors (Lipinski definition) is 3. The number of imidazole rings is 1. The van der Waals surface area contributed by atoms with Gasteiger partial charge in [0, 0.05) is 30.2 Å². The first-order valence-electron chi connectivity index (χ1n) is 10.1. The first kappa shape index (κ1) is 18.2. The van der Waals surface area contributed by atoms with E-state index in [0.717, 1.165) is 53.6 Å². The third-order valence-electron chi connectivity index (χ3n) is 5.51. The zero-order chi connectivity index (χ0) is 20.5. The second-order valence-corrected chi connectivity index (χ2v) is 7.53. The maximum Gasteiger partial charge on any atom is 0.323 e. The third kappa shape index (κ3) is 3.48. The summed E-state index contributed by atoms with van der Waals surface area (Å²) in [5.74, 6) is 1.09. The fourth-order valence-electron chi connectivity index (χ4n) is 3.98. The van der Waals surface area contributed by atoms with E-state index < -0.39 is 0 Å². The highest BCUT2D eigenvalue weighted by molar-refractivity contribution is 6.00. The number of aromatic nitrogens is 2. The monoisotopic (exact) mass is 397 g/mol. The van der Waals surface area contributed by atoms with Crippen LogP contribution in [0, 0.1) is 6.92 Å². The lowest BCUT2D eigenvalue weighted by molar-refractivity contribution is 0.262. The van der Waals surface area contributed by atoms with E-state index in [-0.39, 0.29) is 6.03 Å². The molecule has 0 unspecified atom stereocenters. The van der Waals surface area contributed by atoms with Crippen LogP contribution in [-0.2, 0) is 13.1 Å². The Morgan fingerprint density at radius 3 is 2.57 bits per heavy atom. The minimum absolute atomic E-state index is 0.247. The van der Waals surface area contributed by atoms with Crippen molar-refractivity contribution in [2.75, 3.05) is 22.1 Å². The number of benzene rings is 3. The first-order chi connectivity index (χ1) is 14.7. The fraction of sp³-hybridized carbons (Fsp3) is 0.167. The largest absolute Gasteiger partial charge is 0.362 e. The van der Waals surface area contributed by atoms with E-state index in [2.05, 4.69) is 50.4 Å². The van der Waals surface area contributed by atoms with Gasteiger partial charge in [0.05, 0.1) is 17.6 Å². The lowest BCUT2D eigenvalue weighted by Gasteiger charge is -2.30. The van der Waals surface area contributed by atoms with Crippen LogP contribution in [0.15, 0.2) is 72.8 Å². The van der Waals surface area contributed by atoms with Crippen LogP contribution < -0.4 is 15.5 Å². The van der Waals surface area contributed by atoms with Gasteiger partial charge in [0.15, 0.2) is 0 Å². The molecule has 30 heavy (non-hydrogen) atoms. The molecule has 150 valence electrons. The van der Waals surface area contributed by atoms with E-state index in [1.807, 2.05) is 49.4 Å². The maximum atomic E-state index is 12.3. The molecule has 3 aromatic carbocycles. The van der Waals surface area contributed by atoms with Gasteiger partial charge in [0.2, 0.25) is 0 Å². The van der Waals surface area contributed by atoms with Gasteiger partial charge in [-0.2, -0.15) is 0 Å². The summed E-state index contributed by atoms with van der Waals surface area (Å²) in [5.41, 5.74) is 5.98. The summed E-state index contributed by atoms with van der Waals surface area (Å²) in [6.07, 6.45) is 0. The average molecular weight is 397 g/mol. The Kier molecular flexibility index (Phi) is 4.59. The lowest BCUT2D eigenvalue weighted by atomic mass is 10.1. The van der Waals surface area contributed by atoms with Gasteiger partial charge < -0.3 is 20.1 Å². The summed E-state index contributed by atoms with van der Waals surface area (Å²) in [6, 6.07) is 23.6. The molecule has 2 heterocycles. The highest BCUT2D eigenvalue weighted by Crippen LogP contribution is 2.27. The molecule has 1 aromatic heterocycles. The van der Waals surface area contributed by atoms with Crippen LogP contribution in [0.5, 0.6) is 0 Å². The van der Waals surface area contributed by atoms with E-state index in [1.165, 1.54) is 5.52 Å². The molecule has 2 N–H and O–H groups in total. The zero-order valence-corrected chi connectivity index (χ0v) is 16.8. The summed E-state index contributed by atoms with van der Waals surface area (Å²) < 4.78 is 2.31. The molecule has 1 aliphatic rings. The van der Waals surface area contributed by atoms with Crippen LogP contribution >= 0.6 is 0 Å². The Hall–Kier alpha value is -3.80. The molecule has 0 fully saturated rings. The Labute approximate surface area is 175 Å². The highest BCUT2D eigenvalue weighted by Gasteiger charge is 2.20. The van der Waals surface area contributed by atoms with Crippen molar-refractivity contribution < 1.29 is 4.79 Å². The Bertz CT molecular complexity index is 1210. The molecule has 5 rings (SSSR count). The number of amides is 2. The van der Waals surface area contributed by atoms with Gasteiger partial charge in [0.1, 0.15) is 5.82 Å². The normalized spacial score (nSPS) is 13.2. The minimum atomic E-state index is -0.247. The highest BCUT2D eigenvalue weighted by atomic mass is 16.2. The number of hydrogen-bond donors (Lipinski definition) is 2. The maximum absolute atomic E-state index is 12.3. The molecule has 6 heteroatoms. The van der Waals surface area contributed by atoms with Gasteiger partial charge >= 0.3 is 6.03 Å². The van der Waals surface area contributed by atoms with Gasteiger partial charge in [0.25, 0.3) is 0 Å². The Balaban J connectivity index is 1.30. The zero-order valence-electron chi connectivity index (χ0n) is 16.8. The lowest BCUT2D eigenvalue weighted by Crippen LogP contribution is -2.33. The van der Waals surface area contributed by atoms with E-state index in [4.69, 9.17) is 4.98 Å². The van der Waals surface area contributed by atoms with Crippen molar-refractivity contribution in [1.29, 1.82) is 0 Å². The molecule has 4 aromatic rings. The molecule has 2 amide bonds. The molecule has 1 aliphatic heterocycles. The van der Waals surface area contributed by atoms with Crippen molar-refractivity contribution in [2.45, 2.75) is 20.0 Å². The van der Waals surface area contributed by atoms with Gasteiger partial charge in [-0.1, -0.05) is 30.3 Å². The van der Waals surface area contributed by atoms with Crippen LogP contribution in [0.4, 0.5) is 21.9 Å². The molecule has 0 saturated carbocycles. The predicted molar refractivity (Wildman–Crippen MR) is 121 cm³/mol.